The van der Waals surface area contributed by atoms with Crippen LogP contribution < -0.4 is 14.5 Å². The van der Waals surface area contributed by atoms with Crippen molar-refractivity contribution in [1.29, 1.82) is 0 Å². The summed E-state index contributed by atoms with van der Waals surface area (Å²) in [6, 6.07) is 16.9. The highest BCUT2D eigenvalue weighted by atomic mass is 16.5. The minimum absolute atomic E-state index is 0.0327. The van der Waals surface area contributed by atoms with Crippen LogP contribution in [0.25, 0.3) is 10.9 Å². The van der Waals surface area contributed by atoms with Crippen LogP contribution in [0.5, 0.6) is 5.75 Å². The summed E-state index contributed by atoms with van der Waals surface area (Å²) < 4.78 is 5.79. The predicted octanol–water partition coefficient (Wildman–Crippen LogP) is 3.79. The van der Waals surface area contributed by atoms with Gasteiger partial charge in [0, 0.05) is 69.6 Å². The van der Waals surface area contributed by atoms with Crippen molar-refractivity contribution in [2.24, 2.45) is 0 Å². The molecule has 0 saturated carbocycles. The predicted molar refractivity (Wildman–Crippen MR) is 137 cm³/mol. The van der Waals surface area contributed by atoms with Crippen molar-refractivity contribution in [3.8, 4) is 5.75 Å². The molecule has 34 heavy (non-hydrogen) atoms. The first-order chi connectivity index (χ1) is 16.5. The number of likely N-dealkylation sites (N-methyl/N-ethyl adjacent to an activating group) is 1. The fourth-order valence-electron chi connectivity index (χ4n) is 5.09. The number of para-hydroxylation sites is 1. The van der Waals surface area contributed by atoms with Gasteiger partial charge < -0.3 is 14.5 Å². The number of aryl methyl sites for hydroxylation is 1. The van der Waals surface area contributed by atoms with E-state index in [9.17, 15) is 4.79 Å². The maximum atomic E-state index is 12.5. The second-order valence-electron chi connectivity index (χ2n) is 9.20. The lowest BCUT2D eigenvalue weighted by molar-refractivity contribution is 0.229. The number of hydrogen-bond donors (Lipinski definition) is 0. The Bertz CT molecular complexity index is 1190. The Morgan fingerprint density at radius 3 is 2.41 bits per heavy atom. The van der Waals surface area contributed by atoms with E-state index in [1.54, 1.807) is 12.0 Å². The number of methoxy groups -OCH3 is 1. The van der Waals surface area contributed by atoms with Gasteiger partial charge in [-0.3, -0.25) is 14.8 Å². The molecule has 3 heterocycles. The molecule has 7 heteroatoms. The van der Waals surface area contributed by atoms with E-state index in [2.05, 4.69) is 46.2 Å². The molecule has 2 aliphatic rings. The van der Waals surface area contributed by atoms with Crippen LogP contribution in [0, 0.1) is 6.92 Å². The molecule has 2 aliphatic heterocycles. The zero-order chi connectivity index (χ0) is 23.7. The average Bonchev–Trinajstić information content (AvgIpc) is 3.20. The number of carbonyl (C=O) groups excluding carboxylic acids is 1. The number of ether oxygens (including phenoxy) is 1. The SMILES string of the molecule is COc1c(CCN2CCN(c3cccc4nc(C)ccc34)CC2)cccc1N1CCN(C)C1=O. The molecule has 2 fully saturated rings. The molecule has 7 nitrogen and oxygen atoms in total. The summed E-state index contributed by atoms with van der Waals surface area (Å²) in [6.07, 6.45) is 0.895. The molecule has 0 aliphatic carbocycles. The molecular weight excluding hydrogens is 426 g/mol. The van der Waals surface area contributed by atoms with Gasteiger partial charge in [0.1, 0.15) is 5.75 Å². The van der Waals surface area contributed by atoms with Gasteiger partial charge in [-0.25, -0.2) is 4.79 Å². The molecule has 2 saturated heterocycles. The largest absolute Gasteiger partial charge is 0.494 e. The number of fused-ring (bicyclic) bond motifs is 1. The molecule has 0 atom stereocenters. The van der Waals surface area contributed by atoms with Crippen molar-refractivity contribution in [3.05, 3.63) is 59.8 Å². The van der Waals surface area contributed by atoms with E-state index in [1.807, 2.05) is 31.0 Å². The smallest absolute Gasteiger partial charge is 0.324 e. The van der Waals surface area contributed by atoms with E-state index in [-0.39, 0.29) is 6.03 Å². The maximum Gasteiger partial charge on any atom is 0.324 e. The van der Waals surface area contributed by atoms with Crippen LogP contribution in [-0.4, -0.2) is 80.8 Å². The lowest BCUT2D eigenvalue weighted by Gasteiger charge is -2.36. The van der Waals surface area contributed by atoms with Gasteiger partial charge in [-0.1, -0.05) is 18.2 Å². The highest BCUT2D eigenvalue weighted by Gasteiger charge is 2.29. The van der Waals surface area contributed by atoms with Crippen molar-refractivity contribution in [3.63, 3.8) is 0 Å². The van der Waals surface area contributed by atoms with Gasteiger partial charge in [0.2, 0.25) is 0 Å². The topological polar surface area (TPSA) is 52.2 Å². The van der Waals surface area contributed by atoms with Crippen molar-refractivity contribution < 1.29 is 9.53 Å². The van der Waals surface area contributed by atoms with Gasteiger partial charge in [-0.15, -0.1) is 0 Å². The van der Waals surface area contributed by atoms with Gasteiger partial charge in [-0.2, -0.15) is 0 Å². The van der Waals surface area contributed by atoms with Gasteiger partial charge >= 0.3 is 6.03 Å². The van der Waals surface area contributed by atoms with E-state index >= 15 is 0 Å². The molecule has 0 spiro atoms. The van der Waals surface area contributed by atoms with Crippen LogP contribution in [0.3, 0.4) is 0 Å². The third-order valence-electron chi connectivity index (χ3n) is 7.05. The summed E-state index contributed by atoms with van der Waals surface area (Å²) in [5, 5.41) is 1.23. The van der Waals surface area contributed by atoms with E-state index in [0.717, 1.165) is 73.9 Å². The van der Waals surface area contributed by atoms with Crippen molar-refractivity contribution in [2.45, 2.75) is 13.3 Å². The Morgan fingerprint density at radius 1 is 0.912 bits per heavy atom. The fraction of sp³-hybridized carbons (Fsp3) is 0.407. The van der Waals surface area contributed by atoms with Crippen LogP contribution in [-0.2, 0) is 6.42 Å². The molecule has 1 aromatic heterocycles. The second kappa shape index (κ2) is 9.50. The number of nitrogens with zero attached hydrogens (tertiary/aromatic N) is 5. The Balaban J connectivity index is 1.24. The van der Waals surface area contributed by atoms with E-state index < -0.39 is 0 Å². The van der Waals surface area contributed by atoms with Crippen molar-refractivity contribution in [2.75, 3.05) is 69.8 Å². The first-order valence-corrected chi connectivity index (χ1v) is 12.1. The maximum absolute atomic E-state index is 12.5. The summed E-state index contributed by atoms with van der Waals surface area (Å²) >= 11 is 0. The number of rotatable bonds is 6. The van der Waals surface area contributed by atoms with Crippen LogP contribution in [0.4, 0.5) is 16.2 Å². The first-order valence-electron chi connectivity index (χ1n) is 12.1. The number of anilines is 2. The third kappa shape index (κ3) is 4.28. The Kier molecular flexibility index (Phi) is 6.28. The van der Waals surface area contributed by atoms with Crippen LogP contribution >= 0.6 is 0 Å². The highest BCUT2D eigenvalue weighted by Crippen LogP contribution is 2.34. The Labute approximate surface area is 201 Å². The average molecular weight is 460 g/mol. The Morgan fingerprint density at radius 2 is 1.68 bits per heavy atom. The third-order valence-corrected chi connectivity index (χ3v) is 7.05. The molecule has 3 aromatic rings. The standard InChI is InChI=1S/C27H33N5O2/c1-20-10-11-22-23(28-20)7-5-8-24(22)31-17-15-30(16-18-31)13-12-21-6-4-9-25(26(21)34-3)32-19-14-29(2)27(32)33/h4-11H,12-19H2,1-3H3. The summed E-state index contributed by atoms with van der Waals surface area (Å²) in [5.74, 6) is 0.823. The van der Waals surface area contributed by atoms with E-state index in [1.165, 1.54) is 11.1 Å². The molecule has 2 amide bonds. The number of pyridine rings is 1. The zero-order valence-electron chi connectivity index (χ0n) is 20.3. The first kappa shape index (κ1) is 22.5. The number of urea groups is 1. The monoisotopic (exact) mass is 459 g/mol. The molecule has 178 valence electrons. The van der Waals surface area contributed by atoms with Gasteiger partial charge in [0.05, 0.1) is 18.3 Å². The van der Waals surface area contributed by atoms with Crippen LogP contribution in [0.2, 0.25) is 0 Å². The number of benzene rings is 2. The van der Waals surface area contributed by atoms with Gasteiger partial charge in [0.15, 0.2) is 0 Å². The number of carbonyl (C=O) groups is 1. The molecule has 0 N–H and O–H groups in total. The van der Waals surface area contributed by atoms with E-state index in [4.69, 9.17) is 9.72 Å². The Hall–Kier alpha value is -3.32. The summed E-state index contributed by atoms with van der Waals surface area (Å²) in [6.45, 7) is 8.48. The van der Waals surface area contributed by atoms with Crippen LogP contribution in [0.1, 0.15) is 11.3 Å². The minimum Gasteiger partial charge on any atom is -0.494 e. The minimum atomic E-state index is 0.0327. The van der Waals surface area contributed by atoms with Crippen molar-refractivity contribution in [1.82, 2.24) is 14.8 Å². The quantitative estimate of drug-likeness (QED) is 0.562. The number of hydrogen-bond acceptors (Lipinski definition) is 5. The molecule has 5 rings (SSSR count). The van der Waals surface area contributed by atoms with Crippen molar-refractivity contribution >= 4 is 28.3 Å². The number of amides is 2. The summed E-state index contributed by atoms with van der Waals surface area (Å²) in [7, 11) is 3.54. The van der Waals surface area contributed by atoms with Gasteiger partial charge in [-0.05, 0) is 49.2 Å². The van der Waals surface area contributed by atoms with E-state index in [0.29, 0.717) is 6.54 Å². The molecular formula is C27H33N5O2. The molecule has 0 radical (unpaired) electrons. The zero-order valence-corrected chi connectivity index (χ0v) is 20.3. The normalized spacial score (nSPS) is 17.1. The lowest BCUT2D eigenvalue weighted by Crippen LogP contribution is -2.47. The molecule has 0 bridgehead atoms. The summed E-state index contributed by atoms with van der Waals surface area (Å²) in [4.78, 5) is 25.8. The highest BCUT2D eigenvalue weighted by molar-refractivity contribution is 5.95. The lowest BCUT2D eigenvalue weighted by atomic mass is 10.1. The molecule has 2 aromatic carbocycles. The van der Waals surface area contributed by atoms with Gasteiger partial charge in [0.25, 0.3) is 0 Å². The number of piperazine rings is 1. The summed E-state index contributed by atoms with van der Waals surface area (Å²) in [5.41, 5.74) is 5.42. The second-order valence-corrected chi connectivity index (χ2v) is 9.20. The fourth-order valence-corrected chi connectivity index (χ4v) is 5.09. The molecule has 0 unspecified atom stereocenters. The number of aromatic nitrogens is 1. The van der Waals surface area contributed by atoms with Crippen LogP contribution in [0.15, 0.2) is 48.5 Å².